The Hall–Kier alpha value is -1.14. The van der Waals surface area contributed by atoms with Crippen LogP contribution in [0.3, 0.4) is 0 Å². The average molecular weight is 269 g/mol. The zero-order valence-corrected chi connectivity index (χ0v) is 11.3. The van der Waals surface area contributed by atoms with Gasteiger partial charge in [-0.05, 0) is 19.3 Å². The van der Waals surface area contributed by atoms with Gasteiger partial charge in [0.15, 0.2) is 5.13 Å². The first-order valence-electron chi connectivity index (χ1n) is 6.34. The Kier molecular flexibility index (Phi) is 4.19. The Labute approximate surface area is 111 Å². The van der Waals surface area contributed by atoms with E-state index in [-0.39, 0.29) is 0 Å². The van der Waals surface area contributed by atoms with Gasteiger partial charge in [-0.25, -0.2) is 4.98 Å². The summed E-state index contributed by atoms with van der Waals surface area (Å²) in [7, 11) is 0. The van der Waals surface area contributed by atoms with Crippen molar-refractivity contribution in [1.82, 2.24) is 4.98 Å². The minimum Gasteiger partial charge on any atom is -0.480 e. The van der Waals surface area contributed by atoms with Crippen molar-refractivity contribution in [1.29, 1.82) is 0 Å². The van der Waals surface area contributed by atoms with Gasteiger partial charge in [-0.2, -0.15) is 0 Å². The van der Waals surface area contributed by atoms with E-state index in [0.29, 0.717) is 11.7 Å². The van der Waals surface area contributed by atoms with Gasteiger partial charge in [-0.3, -0.25) is 4.79 Å². The van der Waals surface area contributed by atoms with Crippen LogP contribution >= 0.6 is 11.3 Å². The Morgan fingerprint density at radius 3 is 3.00 bits per heavy atom. The zero-order chi connectivity index (χ0) is 13.1. The summed E-state index contributed by atoms with van der Waals surface area (Å²) in [6, 6.07) is -0.418. The maximum absolute atomic E-state index is 10.8. The number of anilines is 1. The molecule has 18 heavy (non-hydrogen) atoms. The third-order valence-electron chi connectivity index (χ3n) is 3.08. The average Bonchev–Trinajstić information content (AvgIpc) is 3.06. The van der Waals surface area contributed by atoms with Crippen LogP contribution in [0, 0.1) is 0 Å². The molecule has 6 heteroatoms. The Morgan fingerprint density at radius 1 is 1.72 bits per heavy atom. The highest BCUT2D eigenvalue weighted by Crippen LogP contribution is 2.34. The van der Waals surface area contributed by atoms with Crippen molar-refractivity contribution in [3.05, 3.63) is 11.1 Å². The molecule has 3 N–H and O–H groups in total. The molecular formula is C12H19N3O2S. The van der Waals surface area contributed by atoms with Gasteiger partial charge in [0.2, 0.25) is 0 Å². The van der Waals surface area contributed by atoms with Crippen LogP contribution in [-0.4, -0.2) is 28.6 Å². The van der Waals surface area contributed by atoms with Crippen molar-refractivity contribution in [3.8, 4) is 0 Å². The normalized spacial score (nSPS) is 16.6. The lowest BCUT2D eigenvalue weighted by Gasteiger charge is -2.21. The SMILES string of the molecule is CCCCN(c1nc(C(N)C(=O)O)cs1)C1CC1. The molecule has 1 aliphatic rings. The molecule has 0 saturated heterocycles. The fourth-order valence-electron chi connectivity index (χ4n) is 1.83. The number of hydrogen-bond donors (Lipinski definition) is 2. The molecule has 0 radical (unpaired) electrons. The fourth-order valence-corrected chi connectivity index (χ4v) is 2.79. The third-order valence-corrected chi connectivity index (χ3v) is 3.98. The van der Waals surface area contributed by atoms with Gasteiger partial charge in [0.1, 0.15) is 6.04 Å². The molecule has 1 atom stereocenters. The quantitative estimate of drug-likeness (QED) is 0.791. The van der Waals surface area contributed by atoms with Crippen molar-refractivity contribution in [2.45, 2.75) is 44.7 Å². The van der Waals surface area contributed by atoms with Crippen molar-refractivity contribution in [3.63, 3.8) is 0 Å². The maximum Gasteiger partial charge on any atom is 0.326 e. The van der Waals surface area contributed by atoms with E-state index in [2.05, 4.69) is 16.8 Å². The first-order valence-corrected chi connectivity index (χ1v) is 7.22. The number of aromatic nitrogens is 1. The van der Waals surface area contributed by atoms with Gasteiger partial charge in [-0.15, -0.1) is 11.3 Å². The van der Waals surface area contributed by atoms with Crippen LogP contribution in [0.2, 0.25) is 0 Å². The first-order chi connectivity index (χ1) is 8.63. The van der Waals surface area contributed by atoms with E-state index >= 15 is 0 Å². The molecule has 0 bridgehead atoms. The smallest absolute Gasteiger partial charge is 0.326 e. The van der Waals surface area contributed by atoms with Crippen LogP contribution in [-0.2, 0) is 4.79 Å². The standard InChI is InChI=1S/C12H19N3O2S/c1-2-3-6-15(8-4-5-8)12-14-9(7-18-12)10(13)11(16)17/h7-8,10H,2-6,13H2,1H3,(H,16,17). The van der Waals surface area contributed by atoms with Gasteiger partial charge < -0.3 is 15.7 Å². The molecule has 0 aromatic carbocycles. The molecule has 1 saturated carbocycles. The lowest BCUT2D eigenvalue weighted by molar-refractivity contribution is -0.138. The summed E-state index contributed by atoms with van der Waals surface area (Å²) >= 11 is 1.49. The molecule has 1 aromatic rings. The topological polar surface area (TPSA) is 79.5 Å². The number of nitrogens with two attached hydrogens (primary N) is 1. The molecule has 1 heterocycles. The number of carbonyl (C=O) groups is 1. The second kappa shape index (κ2) is 5.67. The van der Waals surface area contributed by atoms with Crippen LogP contribution in [0.15, 0.2) is 5.38 Å². The van der Waals surface area contributed by atoms with E-state index in [1.54, 1.807) is 5.38 Å². The number of aliphatic carboxylic acids is 1. The summed E-state index contributed by atoms with van der Waals surface area (Å²) in [5.74, 6) is -1.03. The summed E-state index contributed by atoms with van der Waals surface area (Å²) in [6.07, 6.45) is 4.71. The van der Waals surface area contributed by atoms with Crippen molar-refractivity contribution >= 4 is 22.4 Å². The van der Waals surface area contributed by atoms with Crippen LogP contribution in [0.4, 0.5) is 5.13 Å². The van der Waals surface area contributed by atoms with Gasteiger partial charge in [-0.1, -0.05) is 13.3 Å². The molecule has 1 aromatic heterocycles. The van der Waals surface area contributed by atoms with Gasteiger partial charge in [0.05, 0.1) is 5.69 Å². The van der Waals surface area contributed by atoms with Crippen molar-refractivity contribution in [2.75, 3.05) is 11.4 Å². The third kappa shape index (κ3) is 3.00. The van der Waals surface area contributed by atoms with Crippen LogP contribution in [0.5, 0.6) is 0 Å². The minimum absolute atomic E-state index is 0.463. The second-order valence-electron chi connectivity index (χ2n) is 4.65. The molecule has 0 aliphatic heterocycles. The van der Waals surface area contributed by atoms with Gasteiger partial charge in [0, 0.05) is 18.0 Å². The highest BCUT2D eigenvalue weighted by molar-refractivity contribution is 7.13. The van der Waals surface area contributed by atoms with Crippen LogP contribution in [0.25, 0.3) is 0 Å². The van der Waals surface area contributed by atoms with E-state index in [1.165, 1.54) is 24.2 Å². The highest BCUT2D eigenvalue weighted by Gasteiger charge is 2.31. The largest absolute Gasteiger partial charge is 0.480 e. The van der Waals surface area contributed by atoms with Gasteiger partial charge >= 0.3 is 5.97 Å². The number of thiazole rings is 1. The number of nitrogens with zero attached hydrogens (tertiary/aromatic N) is 2. The summed E-state index contributed by atoms with van der Waals surface area (Å²) in [5, 5.41) is 11.5. The minimum atomic E-state index is -1.03. The second-order valence-corrected chi connectivity index (χ2v) is 5.49. The van der Waals surface area contributed by atoms with Crippen molar-refractivity contribution in [2.24, 2.45) is 5.73 Å². The molecule has 2 rings (SSSR count). The molecule has 1 aliphatic carbocycles. The molecular weight excluding hydrogens is 250 g/mol. The van der Waals surface area contributed by atoms with E-state index in [9.17, 15) is 4.79 Å². The highest BCUT2D eigenvalue weighted by atomic mass is 32.1. The molecule has 1 unspecified atom stereocenters. The maximum atomic E-state index is 10.8. The summed E-state index contributed by atoms with van der Waals surface area (Å²) in [4.78, 5) is 17.5. The lowest BCUT2D eigenvalue weighted by Crippen LogP contribution is -2.27. The van der Waals surface area contributed by atoms with E-state index in [1.807, 2.05) is 0 Å². The number of rotatable bonds is 7. The predicted octanol–water partition coefficient (Wildman–Crippen LogP) is 2.00. The molecule has 0 spiro atoms. The van der Waals surface area contributed by atoms with E-state index in [4.69, 9.17) is 10.8 Å². The Bertz CT molecular complexity index is 417. The lowest BCUT2D eigenvalue weighted by atomic mass is 10.2. The zero-order valence-electron chi connectivity index (χ0n) is 10.5. The van der Waals surface area contributed by atoms with Crippen molar-refractivity contribution < 1.29 is 9.90 Å². The Balaban J connectivity index is 2.08. The predicted molar refractivity (Wildman–Crippen MR) is 72.0 cm³/mol. The summed E-state index contributed by atoms with van der Waals surface area (Å²) < 4.78 is 0. The first kappa shape index (κ1) is 13.3. The Morgan fingerprint density at radius 2 is 2.44 bits per heavy atom. The number of unbranched alkanes of at least 4 members (excludes halogenated alkanes) is 1. The van der Waals surface area contributed by atoms with E-state index < -0.39 is 12.0 Å². The van der Waals surface area contributed by atoms with Gasteiger partial charge in [0.25, 0.3) is 0 Å². The van der Waals surface area contributed by atoms with E-state index in [0.717, 1.165) is 24.5 Å². The number of carboxylic acids is 1. The number of hydrogen-bond acceptors (Lipinski definition) is 5. The molecule has 100 valence electrons. The van der Waals surface area contributed by atoms with Crippen LogP contribution in [0.1, 0.15) is 44.3 Å². The molecule has 5 nitrogen and oxygen atoms in total. The monoisotopic (exact) mass is 269 g/mol. The molecule has 0 amide bonds. The van der Waals surface area contributed by atoms with Crippen LogP contribution < -0.4 is 10.6 Å². The summed E-state index contributed by atoms with van der Waals surface area (Å²) in [6.45, 7) is 3.16. The number of carboxylic acid groups (broad SMARTS) is 1. The fraction of sp³-hybridized carbons (Fsp3) is 0.667. The molecule has 1 fully saturated rings. The summed E-state index contributed by atoms with van der Waals surface area (Å²) in [5.41, 5.74) is 6.03.